The summed E-state index contributed by atoms with van der Waals surface area (Å²) >= 11 is 1.80. The smallest absolute Gasteiger partial charge is 0.222 e. The van der Waals surface area contributed by atoms with E-state index in [4.69, 9.17) is 5.73 Å². The van der Waals surface area contributed by atoms with Crippen LogP contribution >= 0.6 is 24.2 Å². The van der Waals surface area contributed by atoms with Crippen molar-refractivity contribution in [1.82, 2.24) is 4.90 Å². The molecular formula is C16H25ClN2OS. The third-order valence-corrected chi connectivity index (χ3v) is 4.76. The van der Waals surface area contributed by atoms with Crippen LogP contribution in [-0.2, 0) is 4.79 Å². The zero-order valence-electron chi connectivity index (χ0n) is 12.5. The first kappa shape index (κ1) is 18.3. The zero-order valence-corrected chi connectivity index (χ0v) is 14.2. The number of hydrogen-bond acceptors (Lipinski definition) is 3. The van der Waals surface area contributed by atoms with Gasteiger partial charge in [0, 0.05) is 25.4 Å². The SMILES string of the molecule is CSCCCC(=O)N1C[C@@H](CN)[C@H](c2ccccc2)C1.Cl. The van der Waals surface area contributed by atoms with Crippen molar-refractivity contribution in [3.05, 3.63) is 35.9 Å². The molecule has 0 aromatic heterocycles. The first-order valence-corrected chi connectivity index (χ1v) is 8.67. The van der Waals surface area contributed by atoms with Gasteiger partial charge < -0.3 is 10.6 Å². The summed E-state index contributed by atoms with van der Waals surface area (Å²) in [6, 6.07) is 10.4. The molecule has 1 aromatic carbocycles. The lowest BCUT2D eigenvalue weighted by atomic mass is 9.89. The Morgan fingerprint density at radius 1 is 1.33 bits per heavy atom. The van der Waals surface area contributed by atoms with E-state index in [0.29, 0.717) is 24.8 Å². The molecule has 1 amide bonds. The lowest BCUT2D eigenvalue weighted by Gasteiger charge is -2.16. The van der Waals surface area contributed by atoms with E-state index in [1.54, 1.807) is 11.8 Å². The van der Waals surface area contributed by atoms with Crippen LogP contribution in [0.5, 0.6) is 0 Å². The number of nitrogens with zero attached hydrogens (tertiary/aromatic N) is 1. The molecule has 118 valence electrons. The first-order chi connectivity index (χ1) is 9.76. The molecule has 3 nitrogen and oxygen atoms in total. The molecule has 0 bridgehead atoms. The second-order valence-corrected chi connectivity index (χ2v) is 6.39. The lowest BCUT2D eigenvalue weighted by molar-refractivity contribution is -0.130. The molecule has 2 rings (SSSR count). The highest BCUT2D eigenvalue weighted by molar-refractivity contribution is 7.98. The highest BCUT2D eigenvalue weighted by Crippen LogP contribution is 2.32. The van der Waals surface area contributed by atoms with Gasteiger partial charge in [-0.15, -0.1) is 12.4 Å². The average Bonchev–Trinajstić information content (AvgIpc) is 2.92. The van der Waals surface area contributed by atoms with Crippen LogP contribution in [0.15, 0.2) is 30.3 Å². The molecule has 1 aromatic rings. The van der Waals surface area contributed by atoms with Crippen molar-refractivity contribution in [2.24, 2.45) is 11.7 Å². The van der Waals surface area contributed by atoms with Gasteiger partial charge in [-0.2, -0.15) is 11.8 Å². The second kappa shape index (κ2) is 9.34. The Bertz CT molecular complexity index is 430. The molecule has 2 atom stereocenters. The molecule has 0 spiro atoms. The summed E-state index contributed by atoms with van der Waals surface area (Å²) in [4.78, 5) is 14.2. The van der Waals surface area contributed by atoms with Crippen molar-refractivity contribution in [2.45, 2.75) is 18.8 Å². The zero-order chi connectivity index (χ0) is 14.4. The highest BCUT2D eigenvalue weighted by Gasteiger charge is 2.34. The maximum absolute atomic E-state index is 12.2. The Kier molecular flexibility index (Phi) is 8.15. The minimum absolute atomic E-state index is 0. The number of carbonyl (C=O) groups is 1. The Labute approximate surface area is 138 Å². The molecule has 0 aliphatic carbocycles. The van der Waals surface area contributed by atoms with Gasteiger partial charge in [0.2, 0.25) is 5.91 Å². The van der Waals surface area contributed by atoms with E-state index in [2.05, 4.69) is 30.5 Å². The Balaban J connectivity index is 0.00000220. The average molecular weight is 329 g/mol. The highest BCUT2D eigenvalue weighted by atomic mass is 35.5. The van der Waals surface area contributed by atoms with E-state index in [1.165, 1.54) is 5.56 Å². The second-order valence-electron chi connectivity index (χ2n) is 5.41. The van der Waals surface area contributed by atoms with Crippen LogP contribution < -0.4 is 5.73 Å². The third-order valence-electron chi connectivity index (χ3n) is 4.06. The summed E-state index contributed by atoms with van der Waals surface area (Å²) in [5.41, 5.74) is 7.21. The fraction of sp³-hybridized carbons (Fsp3) is 0.562. The van der Waals surface area contributed by atoms with E-state index in [9.17, 15) is 4.79 Å². The molecule has 1 heterocycles. The van der Waals surface area contributed by atoms with Gasteiger partial charge in [0.05, 0.1) is 0 Å². The van der Waals surface area contributed by atoms with Crippen LogP contribution in [0.1, 0.15) is 24.3 Å². The number of benzene rings is 1. The first-order valence-electron chi connectivity index (χ1n) is 7.28. The Hall–Kier alpha value is -0.710. The number of nitrogens with two attached hydrogens (primary N) is 1. The fourth-order valence-corrected chi connectivity index (χ4v) is 3.35. The minimum atomic E-state index is 0. The van der Waals surface area contributed by atoms with Crippen molar-refractivity contribution >= 4 is 30.1 Å². The van der Waals surface area contributed by atoms with E-state index >= 15 is 0 Å². The third kappa shape index (κ3) is 4.90. The number of halogens is 1. The van der Waals surface area contributed by atoms with Crippen LogP contribution in [0.25, 0.3) is 0 Å². The quantitative estimate of drug-likeness (QED) is 0.817. The number of hydrogen-bond donors (Lipinski definition) is 1. The topological polar surface area (TPSA) is 46.3 Å². The summed E-state index contributed by atoms with van der Waals surface area (Å²) in [7, 11) is 0. The van der Waals surface area contributed by atoms with Crippen molar-refractivity contribution in [3.8, 4) is 0 Å². The van der Waals surface area contributed by atoms with Gasteiger partial charge in [-0.25, -0.2) is 0 Å². The van der Waals surface area contributed by atoms with Crippen molar-refractivity contribution < 1.29 is 4.79 Å². The number of likely N-dealkylation sites (tertiary alicyclic amines) is 1. The molecule has 1 aliphatic rings. The van der Waals surface area contributed by atoms with Gasteiger partial charge in [0.1, 0.15) is 0 Å². The lowest BCUT2D eigenvalue weighted by Crippen LogP contribution is -2.29. The Morgan fingerprint density at radius 3 is 2.67 bits per heavy atom. The van der Waals surface area contributed by atoms with Crippen LogP contribution in [0, 0.1) is 5.92 Å². The normalized spacial score (nSPS) is 21.1. The van der Waals surface area contributed by atoms with Gasteiger partial charge in [-0.3, -0.25) is 4.79 Å². The molecular weight excluding hydrogens is 304 g/mol. The van der Waals surface area contributed by atoms with Crippen molar-refractivity contribution in [3.63, 3.8) is 0 Å². The minimum Gasteiger partial charge on any atom is -0.342 e. The summed E-state index contributed by atoms with van der Waals surface area (Å²) in [6.07, 6.45) is 3.72. The van der Waals surface area contributed by atoms with Gasteiger partial charge in [0.15, 0.2) is 0 Å². The molecule has 5 heteroatoms. The van der Waals surface area contributed by atoms with Gasteiger partial charge >= 0.3 is 0 Å². The molecule has 2 N–H and O–H groups in total. The summed E-state index contributed by atoms with van der Waals surface area (Å²) in [6.45, 7) is 2.28. The number of carbonyl (C=O) groups excluding carboxylic acids is 1. The molecule has 21 heavy (non-hydrogen) atoms. The van der Waals surface area contributed by atoms with Crippen LogP contribution in [0.4, 0.5) is 0 Å². The number of thioether (sulfide) groups is 1. The molecule has 1 aliphatic heterocycles. The molecule has 1 saturated heterocycles. The predicted octanol–water partition coefficient (Wildman–Crippen LogP) is 2.75. The Morgan fingerprint density at radius 2 is 2.05 bits per heavy atom. The summed E-state index contributed by atoms with van der Waals surface area (Å²) in [5.74, 6) is 2.13. The molecule has 0 saturated carbocycles. The van der Waals surface area contributed by atoms with E-state index in [1.807, 2.05) is 11.0 Å². The molecule has 0 radical (unpaired) electrons. The summed E-state index contributed by atoms with van der Waals surface area (Å²) < 4.78 is 0. The number of rotatable bonds is 6. The van der Waals surface area contributed by atoms with E-state index in [0.717, 1.165) is 25.3 Å². The van der Waals surface area contributed by atoms with E-state index in [-0.39, 0.29) is 18.3 Å². The van der Waals surface area contributed by atoms with Crippen LogP contribution in [0.2, 0.25) is 0 Å². The molecule has 1 fully saturated rings. The van der Waals surface area contributed by atoms with Gasteiger partial charge in [-0.1, -0.05) is 30.3 Å². The maximum Gasteiger partial charge on any atom is 0.222 e. The van der Waals surface area contributed by atoms with E-state index < -0.39 is 0 Å². The largest absolute Gasteiger partial charge is 0.342 e. The van der Waals surface area contributed by atoms with Gasteiger partial charge in [0.25, 0.3) is 0 Å². The fourth-order valence-electron chi connectivity index (χ4n) is 2.92. The standard InChI is InChI=1S/C16H24N2OS.ClH/c1-20-9-5-8-16(19)18-11-14(10-17)15(12-18)13-6-3-2-4-7-13;/h2-4,6-7,14-15H,5,8-12,17H2,1H3;1H/t14-,15+;/m1./s1. The van der Waals surface area contributed by atoms with Crippen molar-refractivity contribution in [2.75, 3.05) is 31.6 Å². The summed E-state index contributed by atoms with van der Waals surface area (Å²) in [5, 5.41) is 0. The number of amides is 1. The van der Waals surface area contributed by atoms with Gasteiger partial charge in [-0.05, 0) is 36.5 Å². The van der Waals surface area contributed by atoms with Crippen LogP contribution in [-0.4, -0.2) is 42.4 Å². The maximum atomic E-state index is 12.2. The monoisotopic (exact) mass is 328 g/mol. The van der Waals surface area contributed by atoms with Crippen molar-refractivity contribution in [1.29, 1.82) is 0 Å². The van der Waals surface area contributed by atoms with Crippen LogP contribution in [0.3, 0.4) is 0 Å². The molecule has 0 unspecified atom stereocenters. The predicted molar refractivity (Wildman–Crippen MR) is 93.2 cm³/mol.